The lowest BCUT2D eigenvalue weighted by molar-refractivity contribution is -0.122. The van der Waals surface area contributed by atoms with Gasteiger partial charge in [0.15, 0.2) is 5.76 Å². The lowest BCUT2D eigenvalue weighted by Crippen LogP contribution is -2.45. The van der Waals surface area contributed by atoms with Crippen LogP contribution in [0.3, 0.4) is 0 Å². The molecule has 21 heavy (non-hydrogen) atoms. The molecule has 0 aromatic carbocycles. The fraction of sp³-hybridized carbons (Fsp3) is 0.800. The van der Waals surface area contributed by atoms with Gasteiger partial charge in [0.2, 0.25) is 0 Å². The molecule has 6 nitrogen and oxygen atoms in total. The molecule has 3 unspecified atom stereocenters. The molecule has 2 rings (SSSR count). The van der Waals surface area contributed by atoms with E-state index < -0.39 is 0 Å². The zero-order valence-electron chi connectivity index (χ0n) is 13.5. The third kappa shape index (κ3) is 5.07. The molecule has 0 aliphatic carbocycles. The molecule has 1 N–H and O–H groups in total. The minimum atomic E-state index is -0.370. The summed E-state index contributed by atoms with van der Waals surface area (Å²) in [5.74, 6) is 0.871. The zero-order chi connectivity index (χ0) is 15.4. The van der Waals surface area contributed by atoms with Crippen molar-refractivity contribution in [2.45, 2.75) is 44.1 Å². The molecule has 1 fully saturated rings. The average Bonchev–Trinajstić information content (AvgIpc) is 2.79. The molecular formula is C15H27N3O3. The third-order valence-electron chi connectivity index (χ3n) is 3.64. The average molecular weight is 297 g/mol. The molecule has 0 bridgehead atoms. The van der Waals surface area contributed by atoms with E-state index in [4.69, 9.17) is 9.26 Å². The quantitative estimate of drug-likeness (QED) is 0.836. The van der Waals surface area contributed by atoms with Crippen molar-refractivity contribution in [3.8, 4) is 0 Å². The smallest absolute Gasteiger partial charge is 0.150 e. The minimum Gasteiger partial charge on any atom is -0.390 e. The van der Waals surface area contributed by atoms with Gasteiger partial charge in [-0.3, -0.25) is 0 Å². The van der Waals surface area contributed by atoms with Crippen LogP contribution in [0.2, 0.25) is 0 Å². The number of aliphatic hydroxyl groups is 1. The lowest BCUT2D eigenvalue weighted by Gasteiger charge is -2.35. The van der Waals surface area contributed by atoms with Crippen molar-refractivity contribution in [3.63, 3.8) is 0 Å². The fourth-order valence-corrected chi connectivity index (χ4v) is 2.69. The number of ether oxygens (including phenoxy) is 1. The number of nitrogens with zero attached hydrogens (tertiary/aromatic N) is 3. The van der Waals surface area contributed by atoms with E-state index in [9.17, 15) is 5.11 Å². The second-order valence-electron chi connectivity index (χ2n) is 6.43. The molecule has 3 atom stereocenters. The Morgan fingerprint density at radius 2 is 2.00 bits per heavy atom. The first-order valence-electron chi connectivity index (χ1n) is 7.51. The van der Waals surface area contributed by atoms with Gasteiger partial charge in [0.1, 0.15) is 0 Å². The number of aliphatic hydroxyl groups excluding tert-OH is 1. The highest BCUT2D eigenvalue weighted by Gasteiger charge is 2.30. The molecule has 0 amide bonds. The maximum atomic E-state index is 10.0. The minimum absolute atomic E-state index is 0.107. The number of hydrogen-bond donors (Lipinski definition) is 1. The van der Waals surface area contributed by atoms with E-state index in [0.29, 0.717) is 0 Å². The van der Waals surface area contributed by atoms with Crippen LogP contribution in [0.4, 0.5) is 0 Å². The first-order valence-corrected chi connectivity index (χ1v) is 7.51. The van der Waals surface area contributed by atoms with Gasteiger partial charge in [-0.1, -0.05) is 5.16 Å². The van der Waals surface area contributed by atoms with E-state index in [0.717, 1.165) is 43.8 Å². The van der Waals surface area contributed by atoms with Gasteiger partial charge in [0.05, 0.1) is 30.6 Å². The molecule has 1 saturated heterocycles. The molecule has 1 aromatic rings. The van der Waals surface area contributed by atoms with E-state index in [1.807, 2.05) is 44.1 Å². The maximum absolute atomic E-state index is 10.0. The van der Waals surface area contributed by atoms with E-state index in [1.165, 1.54) is 0 Å². The number of hydrogen-bond acceptors (Lipinski definition) is 6. The first kappa shape index (κ1) is 16.4. The normalized spacial score (nSPS) is 26.7. The summed E-state index contributed by atoms with van der Waals surface area (Å²) in [6.45, 7) is 1.49. The largest absolute Gasteiger partial charge is 0.390 e. The Balaban J connectivity index is 1.89. The Bertz CT molecular complexity index is 434. The molecule has 0 radical (unpaired) electrons. The third-order valence-corrected chi connectivity index (χ3v) is 3.64. The molecule has 0 saturated carbocycles. The highest BCUT2D eigenvalue weighted by Crippen LogP contribution is 2.23. The summed E-state index contributed by atoms with van der Waals surface area (Å²) in [4.78, 5) is 4.09. The Morgan fingerprint density at radius 3 is 2.67 bits per heavy atom. The number of aromatic nitrogens is 1. The summed E-state index contributed by atoms with van der Waals surface area (Å²) in [7, 11) is 7.98. The molecule has 1 aliphatic rings. The van der Waals surface area contributed by atoms with Crippen LogP contribution in [0.5, 0.6) is 0 Å². The van der Waals surface area contributed by atoms with Crippen molar-refractivity contribution in [2.24, 2.45) is 0 Å². The van der Waals surface area contributed by atoms with E-state index in [-0.39, 0.29) is 18.3 Å². The highest BCUT2D eigenvalue weighted by atomic mass is 16.5. The Morgan fingerprint density at radius 1 is 1.24 bits per heavy atom. The van der Waals surface area contributed by atoms with Gasteiger partial charge in [-0.15, -0.1) is 0 Å². The topological polar surface area (TPSA) is 62.0 Å². The van der Waals surface area contributed by atoms with Crippen molar-refractivity contribution < 1.29 is 14.4 Å². The van der Waals surface area contributed by atoms with E-state index in [2.05, 4.69) is 5.16 Å². The molecule has 2 heterocycles. The van der Waals surface area contributed by atoms with Crippen molar-refractivity contribution in [1.82, 2.24) is 15.0 Å². The SMILES string of the molecule is CN(C)Cc1cc(CC2CCC(O)C(CN(C)C)O2)no1. The summed E-state index contributed by atoms with van der Waals surface area (Å²) in [5.41, 5.74) is 0.928. The van der Waals surface area contributed by atoms with Crippen molar-refractivity contribution >= 4 is 0 Å². The molecule has 1 aliphatic heterocycles. The predicted octanol–water partition coefficient (Wildman–Crippen LogP) is 0.749. The Labute approximate surface area is 126 Å². The van der Waals surface area contributed by atoms with Gasteiger partial charge in [-0.05, 0) is 41.0 Å². The molecular weight excluding hydrogens is 270 g/mol. The van der Waals surface area contributed by atoms with Crippen molar-refractivity contribution in [1.29, 1.82) is 0 Å². The van der Waals surface area contributed by atoms with Crippen LogP contribution in [0, 0.1) is 0 Å². The number of rotatable bonds is 6. The molecule has 6 heteroatoms. The van der Waals surface area contributed by atoms with Crippen LogP contribution in [-0.2, 0) is 17.7 Å². The monoisotopic (exact) mass is 297 g/mol. The van der Waals surface area contributed by atoms with E-state index in [1.54, 1.807) is 0 Å². The van der Waals surface area contributed by atoms with Crippen molar-refractivity contribution in [2.75, 3.05) is 34.7 Å². The summed E-state index contributed by atoms with van der Waals surface area (Å²) >= 11 is 0. The van der Waals surface area contributed by atoms with Crippen LogP contribution < -0.4 is 0 Å². The summed E-state index contributed by atoms with van der Waals surface area (Å²) < 4.78 is 11.3. The summed E-state index contributed by atoms with van der Waals surface area (Å²) in [6.07, 6.45) is 2.01. The fourth-order valence-electron chi connectivity index (χ4n) is 2.69. The Kier molecular flexibility index (Phi) is 5.75. The standard InChI is InChI=1S/C15H27N3O3/c1-17(2)9-13-8-11(16-21-13)7-12-5-6-14(19)15(20-12)10-18(3)4/h8,12,14-15,19H,5-7,9-10H2,1-4H3. The zero-order valence-corrected chi connectivity index (χ0v) is 13.5. The van der Waals surface area contributed by atoms with Crippen molar-refractivity contribution in [3.05, 3.63) is 17.5 Å². The molecule has 0 spiro atoms. The summed E-state index contributed by atoms with van der Waals surface area (Å²) in [6, 6.07) is 2.00. The second kappa shape index (κ2) is 7.35. The predicted molar refractivity (Wildman–Crippen MR) is 80.1 cm³/mol. The van der Waals surface area contributed by atoms with Crippen LogP contribution in [-0.4, -0.2) is 73.1 Å². The van der Waals surface area contributed by atoms with Crippen LogP contribution >= 0.6 is 0 Å². The van der Waals surface area contributed by atoms with Crippen LogP contribution in [0.15, 0.2) is 10.6 Å². The lowest BCUT2D eigenvalue weighted by atomic mass is 9.98. The Hall–Kier alpha value is -0.950. The van der Waals surface area contributed by atoms with Gasteiger partial charge in [-0.25, -0.2) is 0 Å². The molecule has 1 aromatic heterocycles. The highest BCUT2D eigenvalue weighted by molar-refractivity contribution is 5.06. The molecule has 120 valence electrons. The van der Waals surface area contributed by atoms with Gasteiger partial charge >= 0.3 is 0 Å². The van der Waals surface area contributed by atoms with Gasteiger partial charge in [0.25, 0.3) is 0 Å². The van der Waals surface area contributed by atoms with Gasteiger partial charge in [-0.2, -0.15) is 0 Å². The number of likely N-dealkylation sites (N-methyl/N-ethyl adjacent to an activating group) is 1. The van der Waals surface area contributed by atoms with Gasteiger partial charge < -0.3 is 24.2 Å². The maximum Gasteiger partial charge on any atom is 0.150 e. The van der Waals surface area contributed by atoms with E-state index >= 15 is 0 Å². The van der Waals surface area contributed by atoms with Gasteiger partial charge in [0, 0.05) is 19.0 Å². The second-order valence-corrected chi connectivity index (χ2v) is 6.43. The van der Waals surface area contributed by atoms with Crippen LogP contribution in [0.1, 0.15) is 24.3 Å². The van der Waals surface area contributed by atoms with Crippen LogP contribution in [0.25, 0.3) is 0 Å². The summed E-state index contributed by atoms with van der Waals surface area (Å²) in [5, 5.41) is 14.1. The first-order chi connectivity index (χ1) is 9.94.